The maximum atomic E-state index is 5.75. The molecule has 14 heavy (non-hydrogen) atoms. The topological polar surface area (TPSA) is 43.6 Å². The Kier molecular flexibility index (Phi) is 2.45. The second kappa shape index (κ2) is 3.75. The van der Waals surface area contributed by atoms with Crippen LogP contribution >= 0.6 is 11.6 Å². The lowest BCUT2D eigenvalue weighted by molar-refractivity contribution is 0.860. The summed E-state index contributed by atoms with van der Waals surface area (Å²) in [7, 11) is 0. The zero-order valence-electron chi connectivity index (χ0n) is 7.68. The molecule has 0 aliphatic carbocycles. The van der Waals surface area contributed by atoms with E-state index in [1.54, 1.807) is 12.4 Å². The molecule has 0 saturated carbocycles. The van der Waals surface area contributed by atoms with Gasteiger partial charge in [-0.1, -0.05) is 18.5 Å². The summed E-state index contributed by atoms with van der Waals surface area (Å²) >= 11 is 5.75. The minimum Gasteiger partial charge on any atom is -0.287 e. The molecule has 0 saturated heterocycles. The number of aryl methyl sites for hydroxylation is 1. The van der Waals surface area contributed by atoms with Gasteiger partial charge in [0.15, 0.2) is 5.82 Å². The normalized spacial score (nSPS) is 10.4. The van der Waals surface area contributed by atoms with Gasteiger partial charge in [0.05, 0.1) is 12.4 Å². The van der Waals surface area contributed by atoms with Crippen molar-refractivity contribution in [2.45, 2.75) is 13.3 Å². The number of aromatic nitrogens is 4. The van der Waals surface area contributed by atoms with Crippen LogP contribution in [0.25, 0.3) is 5.82 Å². The number of rotatable bonds is 2. The maximum absolute atomic E-state index is 5.75. The minimum absolute atomic E-state index is 0.387. The maximum Gasteiger partial charge on any atom is 0.158 e. The largest absolute Gasteiger partial charge is 0.287 e. The molecule has 2 heterocycles. The molecule has 0 aliphatic heterocycles. The van der Waals surface area contributed by atoms with Crippen molar-refractivity contribution in [2.24, 2.45) is 0 Å². The Hall–Kier alpha value is -1.42. The highest BCUT2D eigenvalue weighted by Crippen LogP contribution is 2.10. The van der Waals surface area contributed by atoms with Crippen LogP contribution in [0.2, 0.25) is 5.15 Å². The Morgan fingerprint density at radius 2 is 2.29 bits per heavy atom. The van der Waals surface area contributed by atoms with Gasteiger partial charge in [0.25, 0.3) is 0 Å². The molecule has 2 aromatic heterocycles. The summed E-state index contributed by atoms with van der Waals surface area (Å²) in [5, 5.41) is 0.387. The first kappa shape index (κ1) is 9.15. The van der Waals surface area contributed by atoms with Crippen molar-refractivity contribution in [2.75, 3.05) is 0 Å². The average molecular weight is 209 g/mol. The van der Waals surface area contributed by atoms with Crippen LogP contribution in [0.5, 0.6) is 0 Å². The monoisotopic (exact) mass is 208 g/mol. The number of imidazole rings is 1. The molecule has 0 fully saturated rings. The summed E-state index contributed by atoms with van der Waals surface area (Å²) in [6.45, 7) is 2.04. The fourth-order valence-electron chi connectivity index (χ4n) is 1.25. The van der Waals surface area contributed by atoms with E-state index in [9.17, 15) is 0 Å². The van der Waals surface area contributed by atoms with E-state index in [-0.39, 0.29) is 0 Å². The Morgan fingerprint density at radius 3 is 3.00 bits per heavy atom. The molecule has 72 valence electrons. The summed E-state index contributed by atoms with van der Waals surface area (Å²) < 4.78 is 1.87. The van der Waals surface area contributed by atoms with E-state index in [0.29, 0.717) is 11.0 Å². The van der Waals surface area contributed by atoms with Gasteiger partial charge in [0, 0.05) is 18.8 Å². The molecule has 0 aromatic carbocycles. The van der Waals surface area contributed by atoms with Crippen LogP contribution in [0.3, 0.4) is 0 Å². The predicted molar refractivity (Wildman–Crippen MR) is 53.5 cm³/mol. The van der Waals surface area contributed by atoms with Crippen LogP contribution < -0.4 is 0 Å². The molecular formula is C9H9ClN4. The van der Waals surface area contributed by atoms with Crippen LogP contribution in [-0.4, -0.2) is 19.5 Å². The second-order valence-electron chi connectivity index (χ2n) is 2.77. The van der Waals surface area contributed by atoms with E-state index in [4.69, 9.17) is 11.6 Å². The molecule has 5 heteroatoms. The molecular weight excluding hydrogens is 200 g/mol. The first-order valence-corrected chi connectivity index (χ1v) is 4.69. The molecule has 0 bridgehead atoms. The van der Waals surface area contributed by atoms with Gasteiger partial charge < -0.3 is 0 Å². The Morgan fingerprint density at radius 1 is 1.43 bits per heavy atom. The van der Waals surface area contributed by atoms with Gasteiger partial charge in [-0.05, 0) is 0 Å². The molecule has 2 aromatic rings. The first-order chi connectivity index (χ1) is 6.81. The van der Waals surface area contributed by atoms with E-state index in [1.165, 1.54) is 6.20 Å². The number of hydrogen-bond acceptors (Lipinski definition) is 3. The summed E-state index contributed by atoms with van der Waals surface area (Å²) in [6.07, 6.45) is 7.60. The summed E-state index contributed by atoms with van der Waals surface area (Å²) in [5.41, 5.74) is 0. The standard InChI is InChI=1S/C9H9ClN4/c1-2-8-12-3-4-14(8)9-6-11-5-7(10)13-9/h3-6H,2H2,1H3. The average Bonchev–Trinajstić information content (AvgIpc) is 2.65. The fourth-order valence-corrected chi connectivity index (χ4v) is 1.40. The van der Waals surface area contributed by atoms with Gasteiger partial charge in [-0.15, -0.1) is 0 Å². The zero-order chi connectivity index (χ0) is 9.97. The van der Waals surface area contributed by atoms with E-state index in [0.717, 1.165) is 12.2 Å². The van der Waals surface area contributed by atoms with Crippen molar-refractivity contribution in [3.8, 4) is 5.82 Å². The summed E-state index contributed by atoms with van der Waals surface area (Å²) in [6, 6.07) is 0. The van der Waals surface area contributed by atoms with Gasteiger partial charge in [0.2, 0.25) is 0 Å². The van der Waals surface area contributed by atoms with Crippen molar-refractivity contribution in [3.63, 3.8) is 0 Å². The van der Waals surface area contributed by atoms with Crippen LogP contribution in [0.15, 0.2) is 24.8 Å². The van der Waals surface area contributed by atoms with Gasteiger partial charge in [-0.2, -0.15) is 0 Å². The highest BCUT2D eigenvalue weighted by Gasteiger charge is 2.04. The summed E-state index contributed by atoms with van der Waals surface area (Å²) in [4.78, 5) is 12.3. The van der Waals surface area contributed by atoms with E-state index >= 15 is 0 Å². The van der Waals surface area contributed by atoms with Gasteiger partial charge in [-0.25, -0.2) is 9.97 Å². The molecule has 0 atom stereocenters. The van der Waals surface area contributed by atoms with Crippen molar-refractivity contribution in [1.29, 1.82) is 0 Å². The molecule has 2 rings (SSSR count). The molecule has 0 N–H and O–H groups in total. The fraction of sp³-hybridized carbons (Fsp3) is 0.222. The SMILES string of the molecule is CCc1nccn1-c1cncc(Cl)n1. The van der Waals surface area contributed by atoms with Crippen LogP contribution in [0.4, 0.5) is 0 Å². The minimum atomic E-state index is 0.387. The lowest BCUT2D eigenvalue weighted by Crippen LogP contribution is -2.01. The molecule has 4 nitrogen and oxygen atoms in total. The number of hydrogen-bond donors (Lipinski definition) is 0. The van der Waals surface area contributed by atoms with E-state index < -0.39 is 0 Å². The first-order valence-electron chi connectivity index (χ1n) is 4.31. The third-order valence-electron chi connectivity index (χ3n) is 1.87. The van der Waals surface area contributed by atoms with Crippen molar-refractivity contribution < 1.29 is 0 Å². The highest BCUT2D eigenvalue weighted by atomic mass is 35.5. The van der Waals surface area contributed by atoms with E-state index in [2.05, 4.69) is 15.0 Å². The van der Waals surface area contributed by atoms with Crippen molar-refractivity contribution in [1.82, 2.24) is 19.5 Å². The van der Waals surface area contributed by atoms with Crippen LogP contribution in [0, 0.1) is 0 Å². The quantitative estimate of drug-likeness (QED) is 0.757. The summed E-state index contributed by atoms with van der Waals surface area (Å²) in [5.74, 6) is 1.65. The zero-order valence-corrected chi connectivity index (χ0v) is 8.44. The lowest BCUT2D eigenvalue weighted by atomic mass is 10.4. The predicted octanol–water partition coefficient (Wildman–Crippen LogP) is 1.88. The molecule has 0 unspecified atom stereocenters. The Labute approximate surface area is 86.6 Å². The third kappa shape index (κ3) is 1.61. The Balaban J connectivity index is 2.49. The second-order valence-corrected chi connectivity index (χ2v) is 3.15. The highest BCUT2D eigenvalue weighted by molar-refractivity contribution is 6.29. The molecule has 0 spiro atoms. The smallest absolute Gasteiger partial charge is 0.158 e. The molecule has 0 aliphatic rings. The molecule has 0 amide bonds. The number of halogens is 1. The van der Waals surface area contributed by atoms with Gasteiger partial charge >= 0.3 is 0 Å². The van der Waals surface area contributed by atoms with E-state index in [1.807, 2.05) is 17.7 Å². The third-order valence-corrected chi connectivity index (χ3v) is 2.05. The van der Waals surface area contributed by atoms with Crippen molar-refractivity contribution in [3.05, 3.63) is 35.8 Å². The van der Waals surface area contributed by atoms with Crippen LogP contribution in [-0.2, 0) is 6.42 Å². The molecule has 0 radical (unpaired) electrons. The Bertz CT molecular complexity index is 438. The van der Waals surface area contributed by atoms with Crippen molar-refractivity contribution >= 4 is 11.6 Å². The van der Waals surface area contributed by atoms with Gasteiger partial charge in [0.1, 0.15) is 11.0 Å². The van der Waals surface area contributed by atoms with Crippen LogP contribution in [0.1, 0.15) is 12.7 Å². The van der Waals surface area contributed by atoms with Gasteiger partial charge in [-0.3, -0.25) is 9.55 Å². The lowest BCUT2D eigenvalue weighted by Gasteiger charge is -2.04. The number of nitrogens with zero attached hydrogens (tertiary/aromatic N) is 4.